The number of hydrogen-bond acceptors (Lipinski definition) is 4. The molecule has 0 aliphatic carbocycles. The van der Waals surface area contributed by atoms with E-state index in [2.05, 4.69) is 58.4 Å². The zero-order valence-corrected chi connectivity index (χ0v) is 16.4. The van der Waals surface area contributed by atoms with Gasteiger partial charge in [-0.25, -0.2) is 0 Å². The number of ether oxygens (including phenoxy) is 2. The summed E-state index contributed by atoms with van der Waals surface area (Å²) in [5.74, 6) is 0. The van der Waals surface area contributed by atoms with Crippen molar-refractivity contribution in [2.45, 2.75) is 90.2 Å². The highest BCUT2D eigenvalue weighted by Gasteiger charge is 2.34. The zero-order valence-electron chi connectivity index (χ0n) is 16.4. The normalized spacial score (nSPS) is 29.3. The van der Waals surface area contributed by atoms with E-state index in [1.165, 1.54) is 12.8 Å². The minimum absolute atomic E-state index is 0.0560. The van der Waals surface area contributed by atoms with Crippen molar-refractivity contribution < 1.29 is 9.47 Å². The van der Waals surface area contributed by atoms with Crippen LogP contribution in [0.4, 0.5) is 0 Å². The number of piperidine rings is 1. The molecule has 0 aromatic rings. The van der Waals surface area contributed by atoms with E-state index in [1.54, 1.807) is 0 Å². The molecule has 2 aliphatic heterocycles. The van der Waals surface area contributed by atoms with E-state index in [4.69, 9.17) is 9.47 Å². The fraction of sp³-hybridized carbons (Fsp3) is 1.00. The largest absolute Gasteiger partial charge is 0.374 e. The fourth-order valence-electron chi connectivity index (χ4n) is 3.60. The summed E-state index contributed by atoms with van der Waals surface area (Å²) in [5.41, 5.74) is 0.230. The van der Waals surface area contributed by atoms with Crippen molar-refractivity contribution in [3.63, 3.8) is 0 Å². The molecule has 0 radical (unpaired) electrons. The Balaban J connectivity index is 1.73. The van der Waals surface area contributed by atoms with Crippen molar-refractivity contribution in [1.82, 2.24) is 9.80 Å². The second-order valence-corrected chi connectivity index (χ2v) is 9.37. The molecular weight excluding hydrogens is 288 g/mol. The van der Waals surface area contributed by atoms with Crippen LogP contribution in [0.25, 0.3) is 0 Å². The Bertz CT molecular complexity index is 365. The Hall–Kier alpha value is -0.160. The summed E-state index contributed by atoms with van der Waals surface area (Å²) in [6.07, 6.45) is 4.25. The number of likely N-dealkylation sites (tertiary alicyclic amines) is 2. The molecule has 136 valence electrons. The molecule has 2 rings (SSSR count). The predicted octanol–water partition coefficient (Wildman–Crippen LogP) is 3.15. The van der Waals surface area contributed by atoms with Gasteiger partial charge in [0, 0.05) is 31.2 Å². The minimum Gasteiger partial charge on any atom is -0.374 e. The summed E-state index contributed by atoms with van der Waals surface area (Å²) in [6.45, 7) is 17.5. The molecule has 0 saturated carbocycles. The molecule has 0 aromatic heterocycles. The van der Waals surface area contributed by atoms with Gasteiger partial charge in [0.2, 0.25) is 0 Å². The molecule has 0 spiro atoms. The van der Waals surface area contributed by atoms with E-state index >= 15 is 0 Å². The van der Waals surface area contributed by atoms with E-state index in [-0.39, 0.29) is 11.1 Å². The quantitative estimate of drug-likeness (QED) is 0.792. The van der Waals surface area contributed by atoms with Crippen LogP contribution in [0.2, 0.25) is 0 Å². The third-order valence-electron chi connectivity index (χ3n) is 5.13. The summed E-state index contributed by atoms with van der Waals surface area (Å²) >= 11 is 0. The summed E-state index contributed by atoms with van der Waals surface area (Å²) in [4.78, 5) is 4.98. The molecule has 0 amide bonds. The molecule has 4 nitrogen and oxygen atoms in total. The molecule has 2 heterocycles. The van der Waals surface area contributed by atoms with Gasteiger partial charge >= 0.3 is 0 Å². The average Bonchev–Trinajstić information content (AvgIpc) is 2.75. The first-order chi connectivity index (χ1) is 10.5. The van der Waals surface area contributed by atoms with Crippen LogP contribution in [0.3, 0.4) is 0 Å². The lowest BCUT2D eigenvalue weighted by atomic mass is 9.99. The fourth-order valence-corrected chi connectivity index (χ4v) is 3.60. The summed E-state index contributed by atoms with van der Waals surface area (Å²) < 4.78 is 12.4. The van der Waals surface area contributed by atoms with Gasteiger partial charge in [0.25, 0.3) is 0 Å². The molecule has 4 heteroatoms. The first kappa shape index (κ1) is 19.2. The Labute approximate surface area is 143 Å². The summed E-state index contributed by atoms with van der Waals surface area (Å²) in [7, 11) is 2.20. The van der Waals surface area contributed by atoms with Crippen LogP contribution >= 0.6 is 0 Å². The van der Waals surface area contributed by atoms with Crippen molar-refractivity contribution >= 4 is 0 Å². The van der Waals surface area contributed by atoms with E-state index in [9.17, 15) is 0 Å². The molecule has 0 bridgehead atoms. The average molecular weight is 327 g/mol. The second kappa shape index (κ2) is 7.38. The third-order valence-corrected chi connectivity index (χ3v) is 5.13. The zero-order chi connectivity index (χ0) is 17.3. The van der Waals surface area contributed by atoms with Gasteiger partial charge in [0.15, 0.2) is 0 Å². The molecule has 2 saturated heterocycles. The maximum atomic E-state index is 6.42. The predicted molar refractivity (Wildman–Crippen MR) is 96.0 cm³/mol. The standard InChI is InChI=1S/C19H38N2O2/c1-18(2,3)21-10-8-16(9-11-21)23-17-12-15(20(7)13-17)14-22-19(4,5)6/h15-17H,8-14H2,1-7H3/t15-,17+/m0/s1. The van der Waals surface area contributed by atoms with Gasteiger partial charge in [-0.1, -0.05) is 0 Å². The topological polar surface area (TPSA) is 24.9 Å². The first-order valence-corrected chi connectivity index (χ1v) is 9.29. The van der Waals surface area contributed by atoms with Crippen LogP contribution < -0.4 is 0 Å². The molecular formula is C19H38N2O2. The highest BCUT2D eigenvalue weighted by molar-refractivity contribution is 4.87. The maximum absolute atomic E-state index is 6.42. The van der Waals surface area contributed by atoms with Crippen LogP contribution in [-0.2, 0) is 9.47 Å². The lowest BCUT2D eigenvalue weighted by Gasteiger charge is -2.41. The van der Waals surface area contributed by atoms with Crippen molar-refractivity contribution in [3.05, 3.63) is 0 Å². The van der Waals surface area contributed by atoms with Gasteiger partial charge in [-0.3, -0.25) is 9.80 Å². The molecule has 0 unspecified atom stereocenters. The SMILES string of the molecule is CN1C[C@H](OC2CCN(C(C)(C)C)CC2)C[C@H]1COC(C)(C)C. The molecule has 2 fully saturated rings. The molecule has 0 N–H and O–H groups in total. The van der Waals surface area contributed by atoms with Crippen LogP contribution in [-0.4, -0.2) is 72.5 Å². The summed E-state index contributed by atoms with van der Waals surface area (Å²) in [5, 5.41) is 0. The van der Waals surface area contributed by atoms with Crippen LogP contribution in [0.1, 0.15) is 60.8 Å². The van der Waals surface area contributed by atoms with E-state index in [0.717, 1.165) is 32.7 Å². The molecule has 2 aliphatic rings. The summed E-state index contributed by atoms with van der Waals surface area (Å²) in [6, 6.07) is 0.494. The van der Waals surface area contributed by atoms with Crippen molar-refractivity contribution in [1.29, 1.82) is 0 Å². The molecule has 2 atom stereocenters. The van der Waals surface area contributed by atoms with Gasteiger partial charge in [-0.05, 0) is 67.9 Å². The van der Waals surface area contributed by atoms with Gasteiger partial charge in [0.05, 0.1) is 24.4 Å². The van der Waals surface area contributed by atoms with Crippen molar-refractivity contribution in [3.8, 4) is 0 Å². The molecule has 23 heavy (non-hydrogen) atoms. The van der Waals surface area contributed by atoms with Crippen LogP contribution in [0.15, 0.2) is 0 Å². The highest BCUT2D eigenvalue weighted by atomic mass is 16.5. The van der Waals surface area contributed by atoms with Gasteiger partial charge in [-0.2, -0.15) is 0 Å². The second-order valence-electron chi connectivity index (χ2n) is 9.37. The van der Waals surface area contributed by atoms with Crippen molar-refractivity contribution in [2.75, 3.05) is 33.3 Å². The third kappa shape index (κ3) is 6.00. The van der Waals surface area contributed by atoms with Gasteiger partial charge < -0.3 is 9.47 Å². The van der Waals surface area contributed by atoms with Gasteiger partial charge in [-0.15, -0.1) is 0 Å². The number of hydrogen-bond donors (Lipinski definition) is 0. The minimum atomic E-state index is -0.0560. The lowest BCUT2D eigenvalue weighted by Crippen LogP contribution is -2.48. The van der Waals surface area contributed by atoms with Gasteiger partial charge in [0.1, 0.15) is 0 Å². The highest BCUT2D eigenvalue weighted by Crippen LogP contribution is 2.26. The Kier molecular flexibility index (Phi) is 6.15. The maximum Gasteiger partial charge on any atom is 0.0721 e. The molecule has 0 aromatic carbocycles. The number of nitrogens with zero attached hydrogens (tertiary/aromatic N) is 2. The van der Waals surface area contributed by atoms with Crippen molar-refractivity contribution in [2.24, 2.45) is 0 Å². The monoisotopic (exact) mass is 326 g/mol. The van der Waals surface area contributed by atoms with Crippen LogP contribution in [0.5, 0.6) is 0 Å². The van der Waals surface area contributed by atoms with E-state index in [0.29, 0.717) is 18.2 Å². The van der Waals surface area contributed by atoms with E-state index < -0.39 is 0 Å². The van der Waals surface area contributed by atoms with E-state index in [1.807, 2.05) is 0 Å². The smallest absolute Gasteiger partial charge is 0.0721 e. The first-order valence-electron chi connectivity index (χ1n) is 9.29. The Morgan fingerprint density at radius 2 is 1.57 bits per heavy atom. The van der Waals surface area contributed by atoms with Crippen LogP contribution in [0, 0.1) is 0 Å². The number of likely N-dealkylation sites (N-methyl/N-ethyl adjacent to an activating group) is 1. The lowest BCUT2D eigenvalue weighted by molar-refractivity contribution is -0.0505. The Morgan fingerprint density at radius 3 is 2.09 bits per heavy atom. The Morgan fingerprint density at radius 1 is 0.957 bits per heavy atom. The number of rotatable bonds is 4.